The largest absolute Gasteiger partial charge is 0.394 e. The molecule has 0 aromatic rings. The summed E-state index contributed by atoms with van der Waals surface area (Å²) in [7, 11) is 0. The van der Waals surface area contributed by atoms with Crippen molar-refractivity contribution in [1.29, 1.82) is 0 Å². The van der Waals surface area contributed by atoms with E-state index >= 15 is 0 Å². The highest BCUT2D eigenvalue weighted by Crippen LogP contribution is 1.85. The van der Waals surface area contributed by atoms with Crippen LogP contribution in [0, 0.1) is 0 Å². The molecule has 4 N–H and O–H groups in total. The van der Waals surface area contributed by atoms with Crippen LogP contribution in [0.25, 0.3) is 0 Å². The van der Waals surface area contributed by atoms with Crippen LogP contribution in [0.5, 0.6) is 0 Å². The van der Waals surface area contributed by atoms with Crippen molar-refractivity contribution >= 4 is 5.91 Å². The summed E-state index contributed by atoms with van der Waals surface area (Å²) in [6, 6.07) is 0. The Morgan fingerprint density at radius 1 is 1.06 bits per heavy atom. The third-order valence-corrected chi connectivity index (χ3v) is 1.58. The van der Waals surface area contributed by atoms with Crippen LogP contribution in [-0.4, -0.2) is 68.5 Å². The number of hydrogen-bond acceptors (Lipinski definition) is 6. The van der Waals surface area contributed by atoms with Gasteiger partial charge in [-0.15, -0.1) is 0 Å². The van der Waals surface area contributed by atoms with E-state index in [9.17, 15) is 4.79 Å². The average Bonchev–Trinajstić information content (AvgIpc) is 2.26. The minimum Gasteiger partial charge on any atom is -0.394 e. The quantitative estimate of drug-likeness (QED) is 0.354. The van der Waals surface area contributed by atoms with Crippen molar-refractivity contribution in [2.75, 3.05) is 46.2 Å². The lowest BCUT2D eigenvalue weighted by atomic mass is 10.4. The molecule has 1 amide bonds. The molecule has 0 bridgehead atoms. The Morgan fingerprint density at radius 3 is 2.06 bits per heavy atom. The first kappa shape index (κ1) is 15.3. The van der Waals surface area contributed by atoms with Crippen LogP contribution in [0.1, 0.15) is 0 Å². The maximum atomic E-state index is 10.4. The summed E-state index contributed by atoms with van der Waals surface area (Å²) in [4.78, 5) is 10.4. The first-order chi connectivity index (χ1) is 7.68. The Morgan fingerprint density at radius 2 is 1.56 bits per heavy atom. The summed E-state index contributed by atoms with van der Waals surface area (Å²) < 4.78 is 15.0. The van der Waals surface area contributed by atoms with Crippen LogP contribution in [0.2, 0.25) is 0 Å². The third-order valence-electron chi connectivity index (χ3n) is 1.58. The van der Waals surface area contributed by atoms with E-state index in [4.69, 9.17) is 30.2 Å². The molecule has 0 spiro atoms. The highest BCUT2D eigenvalue weighted by molar-refractivity contribution is 5.78. The highest BCUT2D eigenvalue weighted by Gasteiger charge is 2.09. The maximum Gasteiger partial charge on any atom is 0.248 e. The number of aliphatic hydroxyl groups excluding tert-OH is 2. The first-order valence-electron chi connectivity index (χ1n) is 5.00. The second-order valence-corrected chi connectivity index (χ2v) is 2.94. The second kappa shape index (κ2) is 10.8. The topological polar surface area (TPSA) is 111 Å². The van der Waals surface area contributed by atoms with E-state index in [0.29, 0.717) is 26.4 Å². The predicted octanol–water partition coefficient (Wildman–Crippen LogP) is -2.13. The van der Waals surface area contributed by atoms with Gasteiger partial charge in [0.15, 0.2) is 6.10 Å². The lowest BCUT2D eigenvalue weighted by molar-refractivity contribution is -0.129. The van der Waals surface area contributed by atoms with Crippen LogP contribution in [0.4, 0.5) is 0 Å². The van der Waals surface area contributed by atoms with Gasteiger partial charge >= 0.3 is 0 Å². The van der Waals surface area contributed by atoms with Crippen molar-refractivity contribution in [3.8, 4) is 0 Å². The number of ether oxygens (including phenoxy) is 3. The van der Waals surface area contributed by atoms with Gasteiger partial charge in [-0.3, -0.25) is 4.79 Å². The molecule has 0 aliphatic rings. The Kier molecular flexibility index (Phi) is 10.3. The van der Waals surface area contributed by atoms with Gasteiger partial charge in [-0.25, -0.2) is 0 Å². The molecule has 0 fully saturated rings. The van der Waals surface area contributed by atoms with Gasteiger partial charge in [-0.05, 0) is 0 Å². The van der Waals surface area contributed by atoms with E-state index < -0.39 is 12.0 Å². The zero-order chi connectivity index (χ0) is 12.2. The molecular formula is C9H19NO6. The molecule has 1 unspecified atom stereocenters. The minimum absolute atomic E-state index is 0.00584. The SMILES string of the molecule is NC(=O)C(O)COCCOCCOCCO. The zero-order valence-electron chi connectivity index (χ0n) is 9.13. The molecule has 0 heterocycles. The molecule has 7 heteroatoms. The van der Waals surface area contributed by atoms with E-state index in [1.807, 2.05) is 0 Å². The fraction of sp³-hybridized carbons (Fsp3) is 0.889. The van der Waals surface area contributed by atoms with Gasteiger partial charge in [-0.2, -0.15) is 0 Å². The van der Waals surface area contributed by atoms with Gasteiger partial charge in [0.05, 0.1) is 46.2 Å². The number of carbonyl (C=O) groups is 1. The minimum atomic E-state index is -1.27. The van der Waals surface area contributed by atoms with Crippen molar-refractivity contribution in [1.82, 2.24) is 0 Å². The van der Waals surface area contributed by atoms with Gasteiger partial charge in [0.1, 0.15) is 0 Å². The average molecular weight is 237 g/mol. The molecule has 0 rings (SSSR count). The smallest absolute Gasteiger partial charge is 0.248 e. The molecule has 0 aliphatic carbocycles. The van der Waals surface area contributed by atoms with Crippen LogP contribution in [-0.2, 0) is 19.0 Å². The monoisotopic (exact) mass is 237 g/mol. The van der Waals surface area contributed by atoms with Gasteiger partial charge < -0.3 is 30.2 Å². The Labute approximate surface area is 94.1 Å². The van der Waals surface area contributed by atoms with Gasteiger partial charge in [0, 0.05) is 0 Å². The van der Waals surface area contributed by atoms with Crippen molar-refractivity contribution in [3.05, 3.63) is 0 Å². The lowest BCUT2D eigenvalue weighted by Crippen LogP contribution is -2.32. The normalized spacial score (nSPS) is 12.6. The summed E-state index contributed by atoms with van der Waals surface area (Å²) in [5, 5.41) is 17.3. The highest BCUT2D eigenvalue weighted by atomic mass is 16.5. The van der Waals surface area contributed by atoms with E-state index in [1.54, 1.807) is 0 Å². The number of amides is 1. The van der Waals surface area contributed by atoms with Crippen molar-refractivity contribution in [2.24, 2.45) is 5.73 Å². The van der Waals surface area contributed by atoms with E-state index in [0.717, 1.165) is 0 Å². The van der Waals surface area contributed by atoms with E-state index in [1.165, 1.54) is 0 Å². The summed E-state index contributed by atoms with van der Waals surface area (Å²) in [6.45, 7) is 1.59. The fourth-order valence-electron chi connectivity index (χ4n) is 0.781. The molecule has 96 valence electrons. The third kappa shape index (κ3) is 9.81. The summed E-state index contributed by atoms with van der Waals surface area (Å²) in [6.07, 6.45) is -1.27. The Bertz CT molecular complexity index is 177. The number of carbonyl (C=O) groups excluding carboxylic acids is 1. The molecule has 0 aliphatic heterocycles. The van der Waals surface area contributed by atoms with Crippen molar-refractivity contribution in [3.63, 3.8) is 0 Å². The van der Waals surface area contributed by atoms with Crippen LogP contribution < -0.4 is 5.73 Å². The number of rotatable bonds is 11. The number of nitrogens with two attached hydrogens (primary N) is 1. The molecule has 0 saturated carbocycles. The van der Waals surface area contributed by atoms with Crippen LogP contribution >= 0.6 is 0 Å². The van der Waals surface area contributed by atoms with Crippen LogP contribution in [0.15, 0.2) is 0 Å². The molecule has 16 heavy (non-hydrogen) atoms. The summed E-state index contributed by atoms with van der Waals surface area (Å²) in [5.74, 6) is -0.807. The maximum absolute atomic E-state index is 10.4. The molecule has 0 aromatic heterocycles. The standard InChI is InChI=1S/C9H19NO6/c10-9(13)8(12)7-16-6-5-15-4-3-14-2-1-11/h8,11-12H,1-7H2,(H2,10,13). The zero-order valence-corrected chi connectivity index (χ0v) is 9.13. The van der Waals surface area contributed by atoms with Crippen molar-refractivity contribution < 1.29 is 29.2 Å². The molecule has 7 nitrogen and oxygen atoms in total. The molecule has 0 radical (unpaired) electrons. The molecule has 1 atom stereocenters. The first-order valence-corrected chi connectivity index (χ1v) is 5.00. The Hall–Kier alpha value is -0.730. The predicted molar refractivity (Wildman–Crippen MR) is 54.7 cm³/mol. The molecule has 0 saturated heterocycles. The summed E-state index contributed by atoms with van der Waals surface area (Å²) in [5.41, 5.74) is 4.81. The number of hydrogen-bond donors (Lipinski definition) is 3. The molecular weight excluding hydrogens is 218 g/mol. The van der Waals surface area contributed by atoms with Gasteiger partial charge in [0.2, 0.25) is 5.91 Å². The van der Waals surface area contributed by atoms with E-state index in [2.05, 4.69) is 0 Å². The lowest BCUT2D eigenvalue weighted by Gasteiger charge is -2.08. The van der Waals surface area contributed by atoms with E-state index in [-0.39, 0.29) is 19.8 Å². The fourth-order valence-corrected chi connectivity index (χ4v) is 0.781. The van der Waals surface area contributed by atoms with Gasteiger partial charge in [-0.1, -0.05) is 0 Å². The summed E-state index contributed by atoms with van der Waals surface area (Å²) >= 11 is 0. The molecule has 0 aromatic carbocycles. The number of primary amides is 1. The number of aliphatic hydroxyl groups is 2. The van der Waals surface area contributed by atoms with Crippen molar-refractivity contribution in [2.45, 2.75) is 6.10 Å². The van der Waals surface area contributed by atoms with Crippen LogP contribution in [0.3, 0.4) is 0 Å². The van der Waals surface area contributed by atoms with Gasteiger partial charge in [0.25, 0.3) is 0 Å². The second-order valence-electron chi connectivity index (χ2n) is 2.94. The Balaban J connectivity index is 3.07.